The van der Waals surface area contributed by atoms with Crippen molar-refractivity contribution in [1.29, 1.82) is 0 Å². The first-order chi connectivity index (χ1) is 3.98. The van der Waals surface area contributed by atoms with Crippen LogP contribution in [0.2, 0.25) is 0 Å². The molecule has 0 spiro atoms. The van der Waals surface area contributed by atoms with E-state index in [0.717, 1.165) is 0 Å². The molecule has 9 heavy (non-hydrogen) atoms. The molecule has 1 rings (SSSR count). The number of hydrogen-bond donors (Lipinski definition) is 1. The molecule has 0 heterocycles. The van der Waals surface area contributed by atoms with E-state index in [9.17, 15) is 4.79 Å². The molecule has 0 unspecified atom stereocenters. The third-order valence-electron chi connectivity index (χ3n) is 1.68. The molecule has 0 saturated carbocycles. The van der Waals surface area contributed by atoms with E-state index in [1.54, 1.807) is 13.8 Å². The summed E-state index contributed by atoms with van der Waals surface area (Å²) in [6.07, 6.45) is 0. The normalized spacial score (nSPS) is 24.1. The summed E-state index contributed by atoms with van der Waals surface area (Å²) in [5.41, 5.74) is 5.42. The Morgan fingerprint density at radius 2 is 2.00 bits per heavy atom. The summed E-state index contributed by atoms with van der Waals surface area (Å²) >= 11 is 5.44. The topological polar surface area (TPSA) is 43.1 Å². The minimum Gasteiger partial charge on any atom is -0.400 e. The molecule has 0 aromatic rings. The van der Waals surface area contributed by atoms with E-state index in [4.69, 9.17) is 17.3 Å². The Morgan fingerprint density at radius 1 is 1.56 bits per heavy atom. The summed E-state index contributed by atoms with van der Waals surface area (Å²) < 4.78 is 0. The molecule has 0 aromatic heterocycles. The van der Waals surface area contributed by atoms with E-state index in [1.807, 2.05) is 0 Å². The van der Waals surface area contributed by atoms with Crippen LogP contribution in [0.5, 0.6) is 0 Å². The summed E-state index contributed by atoms with van der Waals surface area (Å²) in [6, 6.07) is 0. The zero-order chi connectivity index (χ0) is 7.23. The first kappa shape index (κ1) is 6.62. The average molecular weight is 146 g/mol. The number of Topliss-reactive ketones (excluding diaryl/α,β-unsaturated/α-hetero) is 1. The Morgan fingerprint density at radius 3 is 2.11 bits per heavy atom. The van der Waals surface area contributed by atoms with Crippen molar-refractivity contribution in [3.8, 4) is 0 Å². The van der Waals surface area contributed by atoms with Gasteiger partial charge in [0.15, 0.2) is 5.78 Å². The van der Waals surface area contributed by atoms with Gasteiger partial charge < -0.3 is 5.73 Å². The SMILES string of the molecule is CC1(C)C(=O)C(Cl)=C1N. The second-order valence-electron chi connectivity index (χ2n) is 2.68. The zero-order valence-corrected chi connectivity index (χ0v) is 6.12. The van der Waals surface area contributed by atoms with Gasteiger partial charge in [-0.25, -0.2) is 0 Å². The van der Waals surface area contributed by atoms with Crippen molar-refractivity contribution < 1.29 is 4.79 Å². The van der Waals surface area contributed by atoms with Gasteiger partial charge in [-0.1, -0.05) is 11.6 Å². The largest absolute Gasteiger partial charge is 0.400 e. The van der Waals surface area contributed by atoms with Gasteiger partial charge in [-0.05, 0) is 13.8 Å². The Hall–Kier alpha value is -0.500. The number of hydrogen-bond acceptors (Lipinski definition) is 2. The van der Waals surface area contributed by atoms with Crippen molar-refractivity contribution in [2.45, 2.75) is 13.8 Å². The van der Waals surface area contributed by atoms with E-state index < -0.39 is 5.41 Å². The first-order valence-corrected chi connectivity index (χ1v) is 3.06. The number of allylic oxidation sites excluding steroid dienone is 2. The number of carbonyl (C=O) groups is 1. The maximum Gasteiger partial charge on any atom is 0.187 e. The quantitative estimate of drug-likeness (QED) is 0.553. The fourth-order valence-electron chi connectivity index (χ4n) is 0.731. The molecule has 0 radical (unpaired) electrons. The van der Waals surface area contributed by atoms with Crippen LogP contribution in [0, 0.1) is 5.41 Å². The van der Waals surface area contributed by atoms with Gasteiger partial charge in [0.1, 0.15) is 5.03 Å². The monoisotopic (exact) mass is 145 g/mol. The molecular weight excluding hydrogens is 138 g/mol. The van der Waals surface area contributed by atoms with Crippen LogP contribution in [-0.4, -0.2) is 5.78 Å². The summed E-state index contributed by atoms with van der Waals surface area (Å²) in [7, 11) is 0. The summed E-state index contributed by atoms with van der Waals surface area (Å²) in [5, 5.41) is 0.208. The molecule has 1 aliphatic carbocycles. The number of ketones is 1. The summed E-state index contributed by atoms with van der Waals surface area (Å²) in [5.74, 6) is -0.0540. The molecule has 0 atom stereocenters. The van der Waals surface area contributed by atoms with Crippen molar-refractivity contribution >= 4 is 17.4 Å². The number of nitrogens with two attached hydrogens (primary N) is 1. The van der Waals surface area contributed by atoms with Gasteiger partial charge in [0.25, 0.3) is 0 Å². The van der Waals surface area contributed by atoms with Crippen LogP contribution in [0.25, 0.3) is 0 Å². The van der Waals surface area contributed by atoms with Gasteiger partial charge in [0, 0.05) is 5.70 Å². The van der Waals surface area contributed by atoms with Crippen LogP contribution >= 0.6 is 11.6 Å². The summed E-state index contributed by atoms with van der Waals surface area (Å²) in [6.45, 7) is 3.52. The fraction of sp³-hybridized carbons (Fsp3) is 0.500. The Balaban J connectivity index is 3.06. The average Bonchev–Trinajstić information content (AvgIpc) is 1.84. The van der Waals surface area contributed by atoms with Crippen molar-refractivity contribution in [3.63, 3.8) is 0 Å². The maximum atomic E-state index is 10.8. The molecule has 2 N–H and O–H groups in total. The van der Waals surface area contributed by atoms with Gasteiger partial charge in [-0.2, -0.15) is 0 Å². The molecule has 0 saturated heterocycles. The van der Waals surface area contributed by atoms with Crippen molar-refractivity contribution in [3.05, 3.63) is 10.7 Å². The Kier molecular flexibility index (Phi) is 1.11. The lowest BCUT2D eigenvalue weighted by Gasteiger charge is -2.32. The van der Waals surface area contributed by atoms with Crippen molar-refractivity contribution in [1.82, 2.24) is 0 Å². The zero-order valence-electron chi connectivity index (χ0n) is 5.36. The highest BCUT2D eigenvalue weighted by Gasteiger charge is 2.44. The summed E-state index contributed by atoms with van der Waals surface area (Å²) in [4.78, 5) is 10.8. The van der Waals surface area contributed by atoms with Gasteiger partial charge in [0.05, 0.1) is 5.41 Å². The van der Waals surface area contributed by atoms with Crippen LogP contribution in [0.4, 0.5) is 0 Å². The van der Waals surface area contributed by atoms with E-state index in [0.29, 0.717) is 5.70 Å². The molecular formula is C6H8ClNO. The lowest BCUT2D eigenvalue weighted by Crippen LogP contribution is -2.41. The molecule has 2 nitrogen and oxygen atoms in total. The van der Waals surface area contributed by atoms with Gasteiger partial charge in [-0.3, -0.25) is 4.79 Å². The molecule has 3 heteroatoms. The number of rotatable bonds is 0. The highest BCUT2D eigenvalue weighted by Crippen LogP contribution is 2.40. The predicted octanol–water partition coefficient (Wildman–Crippen LogP) is 1.00. The molecule has 0 bridgehead atoms. The smallest absolute Gasteiger partial charge is 0.187 e. The van der Waals surface area contributed by atoms with E-state index >= 15 is 0 Å². The molecule has 0 amide bonds. The van der Waals surface area contributed by atoms with Gasteiger partial charge in [-0.15, -0.1) is 0 Å². The second-order valence-corrected chi connectivity index (χ2v) is 3.06. The Bertz CT molecular complexity index is 205. The van der Waals surface area contributed by atoms with Crippen LogP contribution in [0.1, 0.15) is 13.8 Å². The van der Waals surface area contributed by atoms with E-state index in [1.165, 1.54) is 0 Å². The first-order valence-electron chi connectivity index (χ1n) is 2.68. The maximum absolute atomic E-state index is 10.8. The Labute approximate surface area is 58.7 Å². The van der Waals surface area contributed by atoms with Gasteiger partial charge in [0.2, 0.25) is 0 Å². The highest BCUT2D eigenvalue weighted by atomic mass is 35.5. The fourth-order valence-corrected chi connectivity index (χ4v) is 1.20. The van der Waals surface area contributed by atoms with Gasteiger partial charge >= 0.3 is 0 Å². The molecule has 0 aliphatic heterocycles. The van der Waals surface area contributed by atoms with Crippen LogP contribution < -0.4 is 5.73 Å². The minimum absolute atomic E-state index is 0.0540. The van der Waals surface area contributed by atoms with Crippen LogP contribution in [-0.2, 0) is 4.79 Å². The number of carbonyl (C=O) groups excluding carboxylic acids is 1. The predicted molar refractivity (Wildman–Crippen MR) is 35.9 cm³/mol. The molecule has 1 aliphatic rings. The number of halogens is 1. The molecule has 0 fully saturated rings. The van der Waals surface area contributed by atoms with Crippen molar-refractivity contribution in [2.75, 3.05) is 0 Å². The van der Waals surface area contributed by atoms with E-state index in [-0.39, 0.29) is 10.8 Å². The minimum atomic E-state index is -0.503. The molecule has 50 valence electrons. The lowest BCUT2D eigenvalue weighted by molar-refractivity contribution is -0.123. The van der Waals surface area contributed by atoms with E-state index in [2.05, 4.69) is 0 Å². The molecule has 0 aromatic carbocycles. The van der Waals surface area contributed by atoms with Crippen LogP contribution in [0.15, 0.2) is 10.7 Å². The van der Waals surface area contributed by atoms with Crippen LogP contribution in [0.3, 0.4) is 0 Å². The standard InChI is InChI=1S/C6H8ClNO/c1-6(2)4(8)3(7)5(6)9/h8H2,1-2H3. The van der Waals surface area contributed by atoms with Crippen molar-refractivity contribution in [2.24, 2.45) is 11.1 Å². The third kappa shape index (κ3) is 0.597. The second kappa shape index (κ2) is 1.51. The highest BCUT2D eigenvalue weighted by molar-refractivity contribution is 6.46. The third-order valence-corrected chi connectivity index (χ3v) is 2.05. The lowest BCUT2D eigenvalue weighted by atomic mass is 9.75.